The number of nitrogens with zero attached hydrogens (tertiary/aromatic N) is 7. The van der Waals surface area contributed by atoms with E-state index < -0.39 is 17.5 Å². The standard InChI is InChI=1S/C39H44F2N8O3/c1-25-7-6-16-52-38-32(23-42-46(38)3)34-20-29(17-26(2)43-34)36(50)45-39-44-33-10-9-28(21-35(33)49(39)24-25)37(51)48-14-12-47(13-15-48)11-5-4-8-27-18-30(40)22-31(41)19-27/h9-10,17-23,25H,4-8,11-16,24H2,1-3H3,(H,44,45,50)/t25-/m1/s1. The van der Waals surface area contributed by atoms with Gasteiger partial charge in [0.2, 0.25) is 11.8 Å². The van der Waals surface area contributed by atoms with Crippen LogP contribution in [0.15, 0.2) is 59.7 Å². The maximum Gasteiger partial charge on any atom is 0.280 e. The van der Waals surface area contributed by atoms with Crippen LogP contribution in [-0.2, 0) is 13.5 Å². The minimum Gasteiger partial charge on any atom is -0.477 e. The second-order valence-electron chi connectivity index (χ2n) is 14.0. The lowest BCUT2D eigenvalue weighted by atomic mass is 10.0. The lowest BCUT2D eigenvalue weighted by Gasteiger charge is -2.35. The fourth-order valence-corrected chi connectivity index (χ4v) is 7.21. The highest BCUT2D eigenvalue weighted by Gasteiger charge is 2.30. The molecule has 0 saturated carbocycles. The largest absolute Gasteiger partial charge is 0.477 e. The Labute approximate surface area is 302 Å². The van der Waals surface area contributed by atoms with Gasteiger partial charge >= 0.3 is 0 Å². The zero-order valence-corrected chi connectivity index (χ0v) is 29.9. The smallest absolute Gasteiger partial charge is 0.280 e. The summed E-state index contributed by atoms with van der Waals surface area (Å²) in [7, 11) is 1.83. The first-order valence-corrected chi connectivity index (χ1v) is 18.0. The van der Waals surface area contributed by atoms with E-state index in [9.17, 15) is 18.4 Å². The van der Waals surface area contributed by atoms with Gasteiger partial charge in [0.05, 0.1) is 35.4 Å². The molecule has 0 spiro atoms. The summed E-state index contributed by atoms with van der Waals surface area (Å²) >= 11 is 0. The van der Waals surface area contributed by atoms with Crippen molar-refractivity contribution in [3.8, 4) is 17.1 Å². The number of fused-ring (bicyclic) bond motifs is 7. The van der Waals surface area contributed by atoms with E-state index >= 15 is 0 Å². The Balaban J connectivity index is 1.04. The number of hydrogen-bond donors (Lipinski definition) is 1. The Morgan fingerprint density at radius 3 is 2.60 bits per heavy atom. The lowest BCUT2D eigenvalue weighted by Crippen LogP contribution is -2.48. The number of ether oxygens (including phenoxy) is 1. The van der Waals surface area contributed by atoms with E-state index in [1.165, 1.54) is 12.1 Å². The van der Waals surface area contributed by atoms with Crippen molar-refractivity contribution < 1.29 is 23.1 Å². The SMILES string of the molecule is Cc1cc2cc(n1)-c1cnn(C)c1OCCC[C@@H](C)CN1/C(=N/C2=O)Nc2ccc(C(=O)N3CCN(CCCCc4cc(F)cc(F)c4)CC3)cc21. The number of anilines is 2. The van der Waals surface area contributed by atoms with Gasteiger partial charge in [0.25, 0.3) is 11.8 Å². The minimum absolute atomic E-state index is 0.0329. The van der Waals surface area contributed by atoms with Crippen molar-refractivity contribution in [2.45, 2.75) is 46.0 Å². The minimum atomic E-state index is -0.544. The zero-order chi connectivity index (χ0) is 36.4. The molecular formula is C39H44F2N8O3. The lowest BCUT2D eigenvalue weighted by molar-refractivity contribution is 0.0635. The summed E-state index contributed by atoms with van der Waals surface area (Å²) in [6.07, 6.45) is 5.76. The average Bonchev–Trinajstić information content (AvgIpc) is 3.65. The first-order valence-electron chi connectivity index (χ1n) is 18.0. The number of hydrogen-bond acceptors (Lipinski definition) is 8. The van der Waals surface area contributed by atoms with Crippen molar-refractivity contribution in [2.24, 2.45) is 18.0 Å². The molecule has 272 valence electrons. The van der Waals surface area contributed by atoms with E-state index in [0.29, 0.717) is 72.6 Å². The second-order valence-corrected chi connectivity index (χ2v) is 14.0. The zero-order valence-electron chi connectivity index (χ0n) is 29.9. The van der Waals surface area contributed by atoms with E-state index in [2.05, 4.69) is 32.2 Å². The van der Waals surface area contributed by atoms with Crippen LogP contribution in [0.5, 0.6) is 5.88 Å². The number of carbonyl (C=O) groups is 2. The van der Waals surface area contributed by atoms with Crippen LogP contribution in [0.4, 0.5) is 20.2 Å². The van der Waals surface area contributed by atoms with Crippen LogP contribution in [0.3, 0.4) is 0 Å². The number of halogens is 2. The van der Waals surface area contributed by atoms with Gasteiger partial charge in [-0.1, -0.05) is 6.92 Å². The Kier molecular flexibility index (Phi) is 10.3. The average molecular weight is 711 g/mol. The van der Waals surface area contributed by atoms with Gasteiger partial charge in [0, 0.05) is 62.7 Å². The highest BCUT2D eigenvalue weighted by molar-refractivity contribution is 6.19. The number of aryl methyl sites for hydroxylation is 3. The fourth-order valence-electron chi connectivity index (χ4n) is 7.21. The third kappa shape index (κ3) is 7.84. The number of aromatic nitrogens is 3. The molecular weight excluding hydrogens is 666 g/mol. The molecule has 1 fully saturated rings. The molecule has 1 N–H and O–H groups in total. The van der Waals surface area contributed by atoms with Gasteiger partial charge in [-0.05, 0) is 99.5 Å². The van der Waals surface area contributed by atoms with Gasteiger partial charge < -0.3 is 19.9 Å². The normalized spacial score (nSPS) is 19.0. The Hall–Kier alpha value is -5.17. The van der Waals surface area contributed by atoms with Crippen LogP contribution in [0, 0.1) is 24.5 Å². The van der Waals surface area contributed by atoms with Gasteiger partial charge in [0.15, 0.2) is 0 Å². The molecule has 1 atom stereocenters. The molecule has 2 aromatic heterocycles. The topological polar surface area (TPSA) is 108 Å². The maximum absolute atomic E-state index is 13.8. The molecule has 5 heterocycles. The maximum atomic E-state index is 13.8. The summed E-state index contributed by atoms with van der Waals surface area (Å²) in [4.78, 5) is 43.0. The number of nitrogens with one attached hydrogen (secondary N) is 1. The summed E-state index contributed by atoms with van der Waals surface area (Å²) in [5.74, 6) is -0.267. The van der Waals surface area contributed by atoms with Crippen LogP contribution >= 0.6 is 0 Å². The summed E-state index contributed by atoms with van der Waals surface area (Å²) < 4.78 is 34.9. The van der Waals surface area contributed by atoms with E-state index in [1.807, 2.05) is 42.0 Å². The quantitative estimate of drug-likeness (QED) is 0.240. The van der Waals surface area contributed by atoms with Crippen LogP contribution < -0.4 is 15.0 Å². The van der Waals surface area contributed by atoms with Gasteiger partial charge in [-0.15, -0.1) is 0 Å². The van der Waals surface area contributed by atoms with Gasteiger partial charge in [-0.25, -0.2) is 13.5 Å². The molecule has 0 unspecified atom stereocenters. The van der Waals surface area contributed by atoms with Crippen molar-refractivity contribution in [3.63, 3.8) is 0 Å². The van der Waals surface area contributed by atoms with Crippen molar-refractivity contribution in [2.75, 3.05) is 56.1 Å². The molecule has 52 heavy (non-hydrogen) atoms. The van der Waals surface area contributed by atoms with E-state index in [-0.39, 0.29) is 11.8 Å². The second kappa shape index (κ2) is 15.2. The Morgan fingerprint density at radius 2 is 1.81 bits per heavy atom. The number of rotatable bonds is 6. The highest BCUT2D eigenvalue weighted by atomic mass is 19.1. The van der Waals surface area contributed by atoms with E-state index in [4.69, 9.17) is 4.74 Å². The molecule has 2 amide bonds. The summed E-state index contributed by atoms with van der Waals surface area (Å²) in [5, 5.41) is 7.73. The number of carbonyl (C=O) groups excluding carboxylic acids is 2. The molecule has 0 aliphatic carbocycles. The summed E-state index contributed by atoms with van der Waals surface area (Å²) in [5.41, 5.74) is 5.26. The van der Waals surface area contributed by atoms with E-state index in [0.717, 1.165) is 68.3 Å². The predicted molar refractivity (Wildman–Crippen MR) is 196 cm³/mol. The molecule has 2 bridgehead atoms. The third-order valence-electron chi connectivity index (χ3n) is 9.95. The molecule has 2 aromatic carbocycles. The molecule has 4 aromatic rings. The van der Waals surface area contributed by atoms with Crippen LogP contribution in [-0.4, -0.2) is 88.2 Å². The van der Waals surface area contributed by atoms with Gasteiger partial charge in [-0.3, -0.25) is 19.5 Å². The fraction of sp³-hybridized carbons (Fsp3) is 0.410. The van der Waals surface area contributed by atoms with Crippen molar-refractivity contribution in [1.29, 1.82) is 0 Å². The Morgan fingerprint density at radius 1 is 1.02 bits per heavy atom. The Bertz CT molecular complexity index is 1980. The van der Waals surface area contributed by atoms with Crippen LogP contribution in [0.25, 0.3) is 11.3 Å². The molecule has 1 saturated heterocycles. The first kappa shape index (κ1) is 35.2. The first-order chi connectivity index (χ1) is 25.1. The van der Waals surface area contributed by atoms with Gasteiger partial charge in [0.1, 0.15) is 11.6 Å². The van der Waals surface area contributed by atoms with Crippen molar-refractivity contribution in [1.82, 2.24) is 24.6 Å². The number of guanidine groups is 1. The van der Waals surface area contributed by atoms with Gasteiger partial charge in [-0.2, -0.15) is 10.1 Å². The molecule has 11 nitrogen and oxygen atoms in total. The number of amides is 2. The number of pyridine rings is 1. The number of piperazine rings is 1. The number of unbranched alkanes of at least 4 members (excludes halogenated alkanes) is 1. The van der Waals surface area contributed by atoms with Crippen molar-refractivity contribution in [3.05, 3.63) is 88.7 Å². The monoisotopic (exact) mass is 710 g/mol. The predicted octanol–water partition coefficient (Wildman–Crippen LogP) is 6.09. The number of benzene rings is 2. The molecule has 13 heteroatoms. The molecule has 3 aliphatic heterocycles. The van der Waals surface area contributed by atoms with Crippen LogP contribution in [0.1, 0.15) is 64.6 Å². The third-order valence-corrected chi connectivity index (χ3v) is 9.95. The summed E-state index contributed by atoms with van der Waals surface area (Å²) in [6, 6.07) is 12.8. The highest BCUT2D eigenvalue weighted by Crippen LogP contribution is 2.36. The van der Waals surface area contributed by atoms with Crippen LogP contribution in [0.2, 0.25) is 0 Å². The van der Waals surface area contributed by atoms with Crippen molar-refractivity contribution >= 4 is 29.1 Å². The molecule has 3 aliphatic rings. The molecule has 0 radical (unpaired) electrons. The molecule has 7 rings (SSSR count). The summed E-state index contributed by atoms with van der Waals surface area (Å²) in [6.45, 7) is 8.72. The number of aliphatic imine (C=N–C) groups is 1. The van der Waals surface area contributed by atoms with E-state index in [1.54, 1.807) is 23.0 Å².